The number of benzene rings is 1. The monoisotopic (exact) mass is 211 g/mol. The van der Waals surface area contributed by atoms with Gasteiger partial charge in [0.1, 0.15) is 0 Å². The van der Waals surface area contributed by atoms with Gasteiger partial charge in [0.2, 0.25) is 0 Å². The fourth-order valence-electron chi connectivity index (χ4n) is 1.35. The zero-order valence-corrected chi connectivity index (χ0v) is 9.17. The Balaban J connectivity index is 2.75. The van der Waals surface area contributed by atoms with Gasteiger partial charge in [-0.1, -0.05) is 18.5 Å². The van der Waals surface area contributed by atoms with Crippen LogP contribution in [0.4, 0.5) is 0 Å². The molecule has 0 amide bonds. The second-order valence-corrected chi connectivity index (χ2v) is 4.58. The van der Waals surface area contributed by atoms with Gasteiger partial charge in [-0.3, -0.25) is 0 Å². The Bertz CT molecular complexity index is 447. The van der Waals surface area contributed by atoms with Crippen molar-refractivity contribution in [1.29, 1.82) is 0 Å². The fourth-order valence-corrected chi connectivity index (χ4v) is 2.71. The summed E-state index contributed by atoms with van der Waals surface area (Å²) in [5.74, 6) is 0. The van der Waals surface area contributed by atoms with E-state index in [2.05, 4.69) is 11.9 Å². The first-order valence-electron chi connectivity index (χ1n) is 4.26. The molecule has 0 unspecified atom stereocenters. The van der Waals surface area contributed by atoms with Gasteiger partial charge in [0.15, 0.2) is 0 Å². The summed E-state index contributed by atoms with van der Waals surface area (Å²) in [5.41, 5.74) is 2.27. The average molecular weight is 212 g/mol. The van der Waals surface area contributed by atoms with Gasteiger partial charge in [0, 0.05) is 5.02 Å². The minimum absolute atomic E-state index is 0.802. The lowest BCUT2D eigenvalue weighted by atomic mass is 10.2. The summed E-state index contributed by atoms with van der Waals surface area (Å²) >= 11 is 7.69. The summed E-state index contributed by atoms with van der Waals surface area (Å²) in [6.07, 6.45) is 0.996. The topological polar surface area (TPSA) is 12.9 Å². The number of thiazole rings is 1. The minimum atomic E-state index is 0.802. The summed E-state index contributed by atoms with van der Waals surface area (Å²) < 4.78 is 1.20. The van der Waals surface area contributed by atoms with Crippen LogP contribution in [0.2, 0.25) is 5.02 Å². The highest BCUT2D eigenvalue weighted by molar-refractivity contribution is 7.18. The van der Waals surface area contributed by atoms with Gasteiger partial charge in [-0.15, -0.1) is 11.3 Å². The first-order valence-corrected chi connectivity index (χ1v) is 5.45. The summed E-state index contributed by atoms with van der Waals surface area (Å²) in [7, 11) is 0. The predicted molar refractivity (Wildman–Crippen MR) is 58.7 cm³/mol. The number of rotatable bonds is 1. The molecular weight excluding hydrogens is 202 g/mol. The molecule has 3 heteroatoms. The molecule has 1 nitrogen and oxygen atoms in total. The van der Waals surface area contributed by atoms with E-state index in [0.717, 1.165) is 17.0 Å². The van der Waals surface area contributed by atoms with Crippen LogP contribution >= 0.6 is 22.9 Å². The molecule has 2 rings (SSSR count). The molecule has 0 atom stereocenters. The van der Waals surface area contributed by atoms with E-state index >= 15 is 0 Å². The highest BCUT2D eigenvalue weighted by Crippen LogP contribution is 2.28. The van der Waals surface area contributed by atoms with Crippen molar-refractivity contribution in [2.24, 2.45) is 0 Å². The Hall–Kier alpha value is -0.600. The predicted octanol–water partition coefficient (Wildman–Crippen LogP) is 3.82. The fraction of sp³-hybridized carbons (Fsp3) is 0.300. The van der Waals surface area contributed by atoms with Crippen molar-refractivity contribution >= 4 is 33.2 Å². The number of aryl methyl sites for hydroxylation is 2. The number of halogens is 1. The molecule has 0 aliphatic carbocycles. The molecule has 0 saturated heterocycles. The maximum atomic E-state index is 5.96. The van der Waals surface area contributed by atoms with E-state index in [1.54, 1.807) is 11.3 Å². The Labute approximate surface area is 86.4 Å². The van der Waals surface area contributed by atoms with Crippen LogP contribution in [0.3, 0.4) is 0 Å². The summed E-state index contributed by atoms with van der Waals surface area (Å²) in [5, 5.41) is 1.98. The number of hydrogen-bond acceptors (Lipinski definition) is 2. The maximum absolute atomic E-state index is 5.96. The lowest BCUT2D eigenvalue weighted by molar-refractivity contribution is 1.11. The summed E-state index contributed by atoms with van der Waals surface area (Å²) in [4.78, 5) is 4.53. The molecule has 68 valence electrons. The van der Waals surface area contributed by atoms with E-state index in [4.69, 9.17) is 11.6 Å². The van der Waals surface area contributed by atoms with Gasteiger partial charge in [0.25, 0.3) is 0 Å². The van der Waals surface area contributed by atoms with Gasteiger partial charge in [0.05, 0.1) is 15.2 Å². The van der Waals surface area contributed by atoms with Crippen LogP contribution in [0.25, 0.3) is 10.2 Å². The van der Waals surface area contributed by atoms with Crippen LogP contribution in [-0.4, -0.2) is 4.98 Å². The molecular formula is C10H10ClNS. The molecule has 0 fully saturated rings. The third kappa shape index (κ3) is 1.56. The van der Waals surface area contributed by atoms with E-state index in [1.807, 2.05) is 19.1 Å². The van der Waals surface area contributed by atoms with Gasteiger partial charge in [-0.25, -0.2) is 4.98 Å². The molecule has 0 N–H and O–H groups in total. The van der Waals surface area contributed by atoms with E-state index in [1.165, 1.54) is 15.3 Å². The second-order valence-electron chi connectivity index (χ2n) is 3.03. The first kappa shape index (κ1) is 8.97. The van der Waals surface area contributed by atoms with E-state index in [-0.39, 0.29) is 0 Å². The summed E-state index contributed by atoms with van der Waals surface area (Å²) in [6.45, 7) is 4.17. The zero-order valence-electron chi connectivity index (χ0n) is 7.60. The van der Waals surface area contributed by atoms with E-state index in [9.17, 15) is 0 Å². The number of nitrogens with zero attached hydrogens (tertiary/aromatic N) is 1. The van der Waals surface area contributed by atoms with Gasteiger partial charge in [-0.2, -0.15) is 0 Å². The van der Waals surface area contributed by atoms with Crippen molar-refractivity contribution in [1.82, 2.24) is 4.98 Å². The van der Waals surface area contributed by atoms with Gasteiger partial charge >= 0.3 is 0 Å². The molecule has 0 radical (unpaired) electrons. The van der Waals surface area contributed by atoms with Crippen molar-refractivity contribution in [3.05, 3.63) is 27.7 Å². The van der Waals surface area contributed by atoms with Crippen molar-refractivity contribution in [3.63, 3.8) is 0 Å². The largest absolute Gasteiger partial charge is 0.241 e. The van der Waals surface area contributed by atoms with Crippen molar-refractivity contribution in [2.45, 2.75) is 20.3 Å². The normalized spacial score (nSPS) is 11.0. The Morgan fingerprint density at radius 1 is 1.46 bits per heavy atom. The smallest absolute Gasteiger partial charge is 0.0935 e. The third-order valence-electron chi connectivity index (χ3n) is 2.00. The second kappa shape index (κ2) is 3.28. The number of hydrogen-bond donors (Lipinski definition) is 0. The van der Waals surface area contributed by atoms with Crippen molar-refractivity contribution in [2.75, 3.05) is 0 Å². The minimum Gasteiger partial charge on any atom is -0.241 e. The standard InChI is InChI=1S/C10H10ClNS/c1-3-9-12-10-6(2)4-7(11)5-8(10)13-9/h4-5H,3H2,1-2H3. The molecule has 0 aliphatic heterocycles. The van der Waals surface area contributed by atoms with Crippen molar-refractivity contribution < 1.29 is 0 Å². The quantitative estimate of drug-likeness (QED) is 0.699. The van der Waals surface area contributed by atoms with Crippen LogP contribution < -0.4 is 0 Å². The average Bonchev–Trinajstić information content (AvgIpc) is 2.47. The maximum Gasteiger partial charge on any atom is 0.0935 e. The van der Waals surface area contributed by atoms with Crippen LogP contribution in [-0.2, 0) is 6.42 Å². The number of fused-ring (bicyclic) bond motifs is 1. The van der Waals surface area contributed by atoms with E-state index in [0.29, 0.717) is 0 Å². The van der Waals surface area contributed by atoms with Gasteiger partial charge in [-0.05, 0) is 31.0 Å². The number of aromatic nitrogens is 1. The van der Waals surface area contributed by atoms with Crippen LogP contribution in [0.15, 0.2) is 12.1 Å². The molecule has 0 bridgehead atoms. The van der Waals surface area contributed by atoms with Crippen LogP contribution in [0.1, 0.15) is 17.5 Å². The van der Waals surface area contributed by atoms with Crippen LogP contribution in [0.5, 0.6) is 0 Å². The van der Waals surface area contributed by atoms with Crippen LogP contribution in [0, 0.1) is 6.92 Å². The molecule has 0 spiro atoms. The van der Waals surface area contributed by atoms with Crippen molar-refractivity contribution in [3.8, 4) is 0 Å². The lowest BCUT2D eigenvalue weighted by Gasteiger charge is -1.94. The molecule has 13 heavy (non-hydrogen) atoms. The van der Waals surface area contributed by atoms with Gasteiger partial charge < -0.3 is 0 Å². The molecule has 2 aromatic rings. The SMILES string of the molecule is CCc1nc2c(C)cc(Cl)cc2s1. The highest BCUT2D eigenvalue weighted by atomic mass is 35.5. The lowest BCUT2D eigenvalue weighted by Crippen LogP contribution is -1.78. The molecule has 1 aromatic carbocycles. The Kier molecular flexibility index (Phi) is 2.26. The first-order chi connectivity index (χ1) is 6.20. The molecule has 0 saturated carbocycles. The highest BCUT2D eigenvalue weighted by Gasteiger charge is 2.05. The Morgan fingerprint density at radius 3 is 2.92 bits per heavy atom. The molecule has 1 heterocycles. The molecule has 1 aromatic heterocycles. The summed E-state index contributed by atoms with van der Waals surface area (Å²) in [6, 6.07) is 3.95. The zero-order chi connectivity index (χ0) is 9.42. The van der Waals surface area contributed by atoms with E-state index < -0.39 is 0 Å². The third-order valence-corrected chi connectivity index (χ3v) is 3.36. The molecule has 0 aliphatic rings. The Morgan fingerprint density at radius 2 is 2.23 bits per heavy atom.